The van der Waals surface area contributed by atoms with Crippen molar-refractivity contribution in [2.45, 2.75) is 50.3 Å². The summed E-state index contributed by atoms with van der Waals surface area (Å²) in [6, 6.07) is 4.44. The zero-order valence-electron chi connectivity index (χ0n) is 9.99. The van der Waals surface area contributed by atoms with Crippen molar-refractivity contribution in [3.05, 3.63) is 22.4 Å². The largest absolute Gasteiger partial charge is 0.149 e. The number of rotatable bonds is 4. The van der Waals surface area contributed by atoms with Gasteiger partial charge in [0.1, 0.15) is 0 Å². The van der Waals surface area contributed by atoms with E-state index in [1.165, 1.54) is 38.5 Å². The van der Waals surface area contributed by atoms with Gasteiger partial charge in [0.05, 0.1) is 0 Å². The lowest BCUT2D eigenvalue weighted by atomic mass is 9.78. The van der Waals surface area contributed by atoms with Gasteiger partial charge >= 0.3 is 0 Å². The molecule has 0 N–H and O–H groups in total. The van der Waals surface area contributed by atoms with E-state index in [4.69, 9.17) is 0 Å². The van der Waals surface area contributed by atoms with E-state index in [9.17, 15) is 0 Å². The third kappa shape index (κ3) is 3.33. The molecule has 0 amide bonds. The Labute approximate surface area is 112 Å². The minimum Gasteiger partial charge on any atom is -0.149 e. The molecule has 16 heavy (non-hydrogen) atoms. The molecule has 1 aromatic heterocycles. The Bertz CT molecular complexity index is 294. The van der Waals surface area contributed by atoms with E-state index >= 15 is 0 Å². The standard InChI is InChI=1S/C14H21BrS/c1-2-11-5-8-14(15)12(10-11)6-7-13-4-3-9-16-13/h3-4,9,11-12,14H,2,5-8,10H2,1H3. The average Bonchev–Trinajstić information content (AvgIpc) is 2.81. The summed E-state index contributed by atoms with van der Waals surface area (Å²) in [7, 11) is 0. The Morgan fingerprint density at radius 2 is 2.31 bits per heavy atom. The second kappa shape index (κ2) is 6.20. The molecular formula is C14H21BrS. The van der Waals surface area contributed by atoms with Crippen LogP contribution in [0.15, 0.2) is 17.5 Å². The Balaban J connectivity index is 1.82. The first-order chi connectivity index (χ1) is 7.79. The summed E-state index contributed by atoms with van der Waals surface area (Å²) in [4.78, 5) is 2.33. The maximum absolute atomic E-state index is 3.88. The topological polar surface area (TPSA) is 0 Å². The number of hydrogen-bond donors (Lipinski definition) is 0. The maximum atomic E-state index is 3.88. The molecule has 0 aliphatic heterocycles. The second-order valence-corrected chi connectivity index (χ2v) is 7.19. The highest BCUT2D eigenvalue weighted by atomic mass is 79.9. The summed E-state index contributed by atoms with van der Waals surface area (Å²) >= 11 is 5.78. The van der Waals surface area contributed by atoms with Crippen molar-refractivity contribution in [3.63, 3.8) is 0 Å². The summed E-state index contributed by atoms with van der Waals surface area (Å²) < 4.78 is 0. The Morgan fingerprint density at radius 1 is 1.44 bits per heavy atom. The third-order valence-corrected chi connectivity index (χ3v) is 6.06. The van der Waals surface area contributed by atoms with Gasteiger partial charge in [-0.25, -0.2) is 0 Å². The number of hydrogen-bond acceptors (Lipinski definition) is 1. The van der Waals surface area contributed by atoms with Crippen LogP contribution in [0.5, 0.6) is 0 Å². The molecule has 3 atom stereocenters. The van der Waals surface area contributed by atoms with E-state index < -0.39 is 0 Å². The zero-order chi connectivity index (χ0) is 11.4. The summed E-state index contributed by atoms with van der Waals surface area (Å²) in [6.45, 7) is 2.34. The van der Waals surface area contributed by atoms with Gasteiger partial charge in [-0.1, -0.05) is 35.3 Å². The van der Waals surface area contributed by atoms with Crippen LogP contribution in [0, 0.1) is 11.8 Å². The van der Waals surface area contributed by atoms with Gasteiger partial charge in [-0.2, -0.15) is 0 Å². The fourth-order valence-corrected chi connectivity index (χ4v) is 4.25. The SMILES string of the molecule is CCC1CCC(Br)C(CCc2cccs2)C1. The van der Waals surface area contributed by atoms with Crippen LogP contribution in [0.1, 0.15) is 43.9 Å². The van der Waals surface area contributed by atoms with Gasteiger partial charge in [0.15, 0.2) is 0 Å². The van der Waals surface area contributed by atoms with Crippen LogP contribution in [0.4, 0.5) is 0 Å². The fraction of sp³-hybridized carbons (Fsp3) is 0.714. The molecule has 90 valence electrons. The lowest BCUT2D eigenvalue weighted by Gasteiger charge is -2.32. The van der Waals surface area contributed by atoms with Gasteiger partial charge in [-0.15, -0.1) is 11.3 Å². The molecule has 1 fully saturated rings. The molecule has 1 heterocycles. The Kier molecular flexibility index (Phi) is 4.90. The van der Waals surface area contributed by atoms with E-state index in [-0.39, 0.29) is 0 Å². The van der Waals surface area contributed by atoms with Crippen molar-refractivity contribution in [2.75, 3.05) is 0 Å². The molecule has 0 nitrogen and oxygen atoms in total. The van der Waals surface area contributed by atoms with Crippen LogP contribution < -0.4 is 0 Å². The maximum Gasteiger partial charge on any atom is 0.0174 e. The highest BCUT2D eigenvalue weighted by Crippen LogP contribution is 2.37. The van der Waals surface area contributed by atoms with Crippen molar-refractivity contribution in [1.29, 1.82) is 0 Å². The van der Waals surface area contributed by atoms with Crippen LogP contribution in [0.3, 0.4) is 0 Å². The first kappa shape index (κ1) is 12.6. The third-order valence-electron chi connectivity index (χ3n) is 3.92. The van der Waals surface area contributed by atoms with Gasteiger partial charge in [-0.3, -0.25) is 0 Å². The quantitative estimate of drug-likeness (QED) is 0.665. The number of halogens is 1. The summed E-state index contributed by atoms with van der Waals surface area (Å²) in [5, 5.41) is 2.19. The lowest BCUT2D eigenvalue weighted by molar-refractivity contribution is 0.261. The molecule has 0 bridgehead atoms. The fourth-order valence-electron chi connectivity index (χ4n) is 2.78. The summed E-state index contributed by atoms with van der Waals surface area (Å²) in [5.74, 6) is 1.89. The molecule has 1 aromatic rings. The molecule has 3 unspecified atom stereocenters. The van der Waals surface area contributed by atoms with Gasteiger partial charge in [0.25, 0.3) is 0 Å². The summed E-state index contributed by atoms with van der Waals surface area (Å²) in [5.41, 5.74) is 0. The monoisotopic (exact) mass is 300 g/mol. The molecule has 0 aromatic carbocycles. The highest BCUT2D eigenvalue weighted by molar-refractivity contribution is 9.09. The van der Waals surface area contributed by atoms with E-state index in [1.807, 2.05) is 11.3 Å². The highest BCUT2D eigenvalue weighted by Gasteiger charge is 2.27. The van der Waals surface area contributed by atoms with E-state index in [1.54, 1.807) is 4.88 Å². The predicted molar refractivity (Wildman–Crippen MR) is 76.5 cm³/mol. The molecular weight excluding hydrogens is 280 g/mol. The van der Waals surface area contributed by atoms with Crippen LogP contribution >= 0.6 is 27.3 Å². The lowest BCUT2D eigenvalue weighted by Crippen LogP contribution is -2.25. The van der Waals surface area contributed by atoms with E-state index in [0.717, 1.165) is 16.7 Å². The zero-order valence-corrected chi connectivity index (χ0v) is 12.4. The Hall–Kier alpha value is 0.180. The molecule has 1 aliphatic carbocycles. The van der Waals surface area contributed by atoms with Gasteiger partial charge in [-0.05, 0) is 55.4 Å². The van der Waals surface area contributed by atoms with Gasteiger partial charge in [0, 0.05) is 9.70 Å². The van der Waals surface area contributed by atoms with Crippen molar-refractivity contribution in [2.24, 2.45) is 11.8 Å². The number of thiophene rings is 1. The smallest absolute Gasteiger partial charge is 0.0174 e. The molecule has 0 spiro atoms. The molecule has 1 aliphatic rings. The molecule has 1 saturated carbocycles. The molecule has 2 heteroatoms. The average molecular weight is 301 g/mol. The summed E-state index contributed by atoms with van der Waals surface area (Å²) in [6.07, 6.45) is 8.27. The molecule has 0 radical (unpaired) electrons. The number of alkyl halides is 1. The first-order valence-electron chi connectivity index (χ1n) is 6.46. The van der Waals surface area contributed by atoms with Crippen molar-refractivity contribution in [3.8, 4) is 0 Å². The first-order valence-corrected chi connectivity index (χ1v) is 8.25. The van der Waals surface area contributed by atoms with Crippen LogP contribution in [-0.2, 0) is 6.42 Å². The molecule has 0 saturated heterocycles. The van der Waals surface area contributed by atoms with Gasteiger partial charge < -0.3 is 0 Å². The van der Waals surface area contributed by atoms with Gasteiger partial charge in [0.2, 0.25) is 0 Å². The van der Waals surface area contributed by atoms with Crippen LogP contribution in [0.25, 0.3) is 0 Å². The predicted octanol–water partition coefficient (Wildman–Crippen LogP) is 5.27. The second-order valence-electron chi connectivity index (χ2n) is 4.98. The van der Waals surface area contributed by atoms with Crippen LogP contribution in [0.2, 0.25) is 0 Å². The number of aryl methyl sites for hydroxylation is 1. The minimum atomic E-state index is 0.773. The van der Waals surface area contributed by atoms with Crippen molar-refractivity contribution in [1.82, 2.24) is 0 Å². The van der Waals surface area contributed by atoms with Crippen molar-refractivity contribution >= 4 is 27.3 Å². The minimum absolute atomic E-state index is 0.773. The van der Waals surface area contributed by atoms with Crippen molar-refractivity contribution < 1.29 is 0 Å². The Morgan fingerprint density at radius 3 is 3.00 bits per heavy atom. The van der Waals surface area contributed by atoms with Crippen LogP contribution in [-0.4, -0.2) is 4.83 Å². The normalized spacial score (nSPS) is 30.5. The van der Waals surface area contributed by atoms with E-state index in [0.29, 0.717) is 0 Å². The van der Waals surface area contributed by atoms with E-state index in [2.05, 4.69) is 40.4 Å². The molecule has 2 rings (SSSR count).